The second-order valence-electron chi connectivity index (χ2n) is 4.81. The van der Waals surface area contributed by atoms with Crippen molar-refractivity contribution < 1.29 is 19.8 Å². The van der Waals surface area contributed by atoms with Crippen LogP contribution >= 0.6 is 0 Å². The lowest BCUT2D eigenvalue weighted by molar-refractivity contribution is 0.0696. The van der Waals surface area contributed by atoms with Gasteiger partial charge in [-0.05, 0) is 55.3 Å². The lowest BCUT2D eigenvalue weighted by Crippen LogP contribution is -2.13. The zero-order valence-corrected chi connectivity index (χ0v) is 11.7. The molecule has 0 spiro atoms. The number of aromatic hydroxyl groups is 1. The second-order valence-corrected chi connectivity index (χ2v) is 4.81. The Labute approximate surface area is 121 Å². The fraction of sp³-hybridized carbons (Fsp3) is 0.125. The van der Waals surface area contributed by atoms with Crippen LogP contribution in [0, 0.1) is 13.8 Å². The molecule has 2 aromatic rings. The molecule has 108 valence electrons. The summed E-state index contributed by atoms with van der Waals surface area (Å²) in [5, 5.41) is 21.4. The number of nitrogens with one attached hydrogen (secondary N) is 1. The quantitative estimate of drug-likeness (QED) is 0.809. The summed E-state index contributed by atoms with van der Waals surface area (Å²) in [6.45, 7) is 3.52. The molecule has 2 rings (SSSR count). The minimum absolute atomic E-state index is 0.0905. The predicted octanol–water partition coefficient (Wildman–Crippen LogP) is 2.96. The zero-order chi connectivity index (χ0) is 15.6. The maximum atomic E-state index is 12.1. The molecule has 0 saturated heterocycles. The van der Waals surface area contributed by atoms with Crippen molar-refractivity contribution in [2.24, 2.45) is 0 Å². The number of carboxylic acids is 1. The number of hydrogen-bond donors (Lipinski definition) is 3. The Bertz CT molecular complexity index is 722. The van der Waals surface area contributed by atoms with E-state index in [9.17, 15) is 14.7 Å². The SMILES string of the molecule is Cc1ccc(C(=O)Nc2ccc(C(=O)O)cc2C)c(O)c1. The van der Waals surface area contributed by atoms with E-state index in [4.69, 9.17) is 5.11 Å². The zero-order valence-electron chi connectivity index (χ0n) is 11.7. The van der Waals surface area contributed by atoms with Gasteiger partial charge in [-0.1, -0.05) is 6.07 Å². The van der Waals surface area contributed by atoms with Crippen LogP contribution in [0.5, 0.6) is 5.75 Å². The fourth-order valence-corrected chi connectivity index (χ4v) is 1.96. The fourth-order valence-electron chi connectivity index (χ4n) is 1.96. The molecule has 5 nitrogen and oxygen atoms in total. The summed E-state index contributed by atoms with van der Waals surface area (Å²) in [5.41, 5.74) is 2.32. The molecule has 0 heterocycles. The molecule has 0 saturated carbocycles. The topological polar surface area (TPSA) is 86.6 Å². The average Bonchev–Trinajstić information content (AvgIpc) is 2.40. The highest BCUT2D eigenvalue weighted by Gasteiger charge is 2.13. The summed E-state index contributed by atoms with van der Waals surface area (Å²) in [4.78, 5) is 23.0. The molecule has 0 bridgehead atoms. The lowest BCUT2D eigenvalue weighted by atomic mass is 10.1. The molecule has 2 aromatic carbocycles. The molecule has 0 atom stereocenters. The first kappa shape index (κ1) is 14.6. The van der Waals surface area contributed by atoms with E-state index in [1.165, 1.54) is 24.3 Å². The Kier molecular flexibility index (Phi) is 3.93. The highest BCUT2D eigenvalue weighted by Crippen LogP contribution is 2.22. The van der Waals surface area contributed by atoms with Crippen molar-refractivity contribution in [3.63, 3.8) is 0 Å². The van der Waals surface area contributed by atoms with Crippen molar-refractivity contribution in [1.82, 2.24) is 0 Å². The van der Waals surface area contributed by atoms with Crippen LogP contribution in [0.15, 0.2) is 36.4 Å². The number of aromatic carboxylic acids is 1. The number of rotatable bonds is 3. The Morgan fingerprint density at radius 2 is 1.76 bits per heavy atom. The van der Waals surface area contributed by atoms with Crippen molar-refractivity contribution in [1.29, 1.82) is 0 Å². The number of phenolic OH excluding ortho intramolecular Hbond substituents is 1. The molecular weight excluding hydrogens is 270 g/mol. The van der Waals surface area contributed by atoms with Crippen molar-refractivity contribution in [3.8, 4) is 5.75 Å². The van der Waals surface area contributed by atoms with Crippen LogP contribution in [0.25, 0.3) is 0 Å². The maximum Gasteiger partial charge on any atom is 0.335 e. The predicted molar refractivity (Wildman–Crippen MR) is 78.9 cm³/mol. The molecule has 5 heteroatoms. The number of phenols is 1. The van der Waals surface area contributed by atoms with Gasteiger partial charge in [0.2, 0.25) is 0 Å². The standard InChI is InChI=1S/C16H15NO4/c1-9-3-5-12(14(18)7-9)15(19)17-13-6-4-11(16(20)21)8-10(13)2/h3-8,18H,1-2H3,(H,17,19)(H,20,21). The molecule has 0 aliphatic rings. The van der Waals surface area contributed by atoms with E-state index in [0.717, 1.165) is 5.56 Å². The monoisotopic (exact) mass is 285 g/mol. The van der Waals surface area contributed by atoms with Gasteiger partial charge in [-0.3, -0.25) is 4.79 Å². The first-order valence-corrected chi connectivity index (χ1v) is 6.33. The highest BCUT2D eigenvalue weighted by molar-refractivity contribution is 6.06. The number of carboxylic acid groups (broad SMARTS) is 1. The molecular formula is C16H15NO4. The minimum Gasteiger partial charge on any atom is -0.507 e. The van der Waals surface area contributed by atoms with Crippen LogP contribution < -0.4 is 5.32 Å². The van der Waals surface area contributed by atoms with Gasteiger partial charge in [-0.25, -0.2) is 4.79 Å². The van der Waals surface area contributed by atoms with Gasteiger partial charge in [-0.2, -0.15) is 0 Å². The van der Waals surface area contributed by atoms with E-state index in [0.29, 0.717) is 11.3 Å². The van der Waals surface area contributed by atoms with Gasteiger partial charge in [0.15, 0.2) is 0 Å². The summed E-state index contributed by atoms with van der Waals surface area (Å²) in [6, 6.07) is 9.21. The Morgan fingerprint density at radius 1 is 1.05 bits per heavy atom. The maximum absolute atomic E-state index is 12.1. The first-order chi connectivity index (χ1) is 9.88. The summed E-state index contributed by atoms with van der Waals surface area (Å²) in [6.07, 6.45) is 0. The van der Waals surface area contributed by atoms with Gasteiger partial charge in [0.25, 0.3) is 5.91 Å². The average molecular weight is 285 g/mol. The van der Waals surface area contributed by atoms with Crippen molar-refractivity contribution in [3.05, 3.63) is 58.7 Å². The summed E-state index contributed by atoms with van der Waals surface area (Å²) in [7, 11) is 0. The van der Waals surface area contributed by atoms with Crippen molar-refractivity contribution >= 4 is 17.6 Å². The highest BCUT2D eigenvalue weighted by atomic mass is 16.4. The van der Waals surface area contributed by atoms with E-state index in [2.05, 4.69) is 5.32 Å². The van der Waals surface area contributed by atoms with E-state index in [1.807, 2.05) is 6.92 Å². The molecule has 0 aromatic heterocycles. The van der Waals surface area contributed by atoms with Crippen molar-refractivity contribution in [2.75, 3.05) is 5.32 Å². The van der Waals surface area contributed by atoms with E-state index in [-0.39, 0.29) is 16.9 Å². The smallest absolute Gasteiger partial charge is 0.335 e. The molecule has 0 fully saturated rings. The number of carbonyl (C=O) groups excluding carboxylic acids is 1. The molecule has 0 aliphatic carbocycles. The summed E-state index contributed by atoms with van der Waals surface area (Å²) in [5.74, 6) is -1.56. The Balaban J connectivity index is 2.25. The van der Waals surface area contributed by atoms with E-state index < -0.39 is 11.9 Å². The Hall–Kier alpha value is -2.82. The number of amides is 1. The van der Waals surface area contributed by atoms with Gasteiger partial charge < -0.3 is 15.5 Å². The van der Waals surface area contributed by atoms with Crippen LogP contribution in [0.3, 0.4) is 0 Å². The Morgan fingerprint density at radius 3 is 2.33 bits per heavy atom. The van der Waals surface area contributed by atoms with Gasteiger partial charge in [0, 0.05) is 5.69 Å². The molecule has 3 N–H and O–H groups in total. The molecule has 0 aliphatic heterocycles. The number of hydrogen-bond acceptors (Lipinski definition) is 3. The van der Waals surface area contributed by atoms with E-state index in [1.54, 1.807) is 19.1 Å². The van der Waals surface area contributed by atoms with Crippen LogP contribution in [0.1, 0.15) is 31.8 Å². The van der Waals surface area contributed by atoms with E-state index >= 15 is 0 Å². The summed E-state index contributed by atoms with van der Waals surface area (Å²) < 4.78 is 0. The van der Waals surface area contributed by atoms with Crippen LogP contribution in [-0.4, -0.2) is 22.1 Å². The third kappa shape index (κ3) is 3.20. The largest absolute Gasteiger partial charge is 0.507 e. The van der Waals surface area contributed by atoms with Crippen LogP contribution in [0.4, 0.5) is 5.69 Å². The van der Waals surface area contributed by atoms with Gasteiger partial charge in [0.1, 0.15) is 5.75 Å². The number of carbonyl (C=O) groups is 2. The van der Waals surface area contributed by atoms with Crippen LogP contribution in [-0.2, 0) is 0 Å². The van der Waals surface area contributed by atoms with Crippen LogP contribution in [0.2, 0.25) is 0 Å². The van der Waals surface area contributed by atoms with Gasteiger partial charge in [-0.15, -0.1) is 0 Å². The number of benzene rings is 2. The normalized spacial score (nSPS) is 10.2. The van der Waals surface area contributed by atoms with Gasteiger partial charge >= 0.3 is 5.97 Å². The lowest BCUT2D eigenvalue weighted by Gasteiger charge is -2.10. The third-order valence-electron chi connectivity index (χ3n) is 3.12. The molecule has 1 amide bonds. The molecule has 21 heavy (non-hydrogen) atoms. The van der Waals surface area contributed by atoms with Crippen molar-refractivity contribution in [2.45, 2.75) is 13.8 Å². The summed E-state index contributed by atoms with van der Waals surface area (Å²) >= 11 is 0. The van der Waals surface area contributed by atoms with Gasteiger partial charge in [0.05, 0.1) is 11.1 Å². The number of aryl methyl sites for hydroxylation is 2. The first-order valence-electron chi connectivity index (χ1n) is 6.33. The second kappa shape index (κ2) is 5.66. The third-order valence-corrected chi connectivity index (χ3v) is 3.12. The molecule has 0 radical (unpaired) electrons. The molecule has 0 unspecified atom stereocenters. The minimum atomic E-state index is -1.02. The number of anilines is 1.